The van der Waals surface area contributed by atoms with Crippen LogP contribution in [0, 0.1) is 13.8 Å². The lowest BCUT2D eigenvalue weighted by atomic mass is 10.1. The van der Waals surface area contributed by atoms with Gasteiger partial charge >= 0.3 is 0 Å². The van der Waals surface area contributed by atoms with E-state index in [0.717, 1.165) is 17.0 Å². The molecule has 0 amide bonds. The molecule has 8 nitrogen and oxygen atoms in total. The summed E-state index contributed by atoms with van der Waals surface area (Å²) in [6.45, 7) is 4.97. The molecule has 9 heteroatoms. The van der Waals surface area contributed by atoms with E-state index in [9.17, 15) is 0 Å². The average Bonchev–Trinajstić information content (AvgIpc) is 3.01. The second-order valence-electron chi connectivity index (χ2n) is 6.65. The Hall–Kier alpha value is -2.01. The number of methoxy groups -OCH3 is 2. The Morgan fingerprint density at radius 2 is 1.86 bits per heavy atom. The molecule has 1 aromatic heterocycles. The number of oxazole rings is 1. The van der Waals surface area contributed by atoms with Crippen LogP contribution in [0.4, 0.5) is 0 Å². The second-order valence-corrected chi connectivity index (χ2v) is 6.65. The van der Waals surface area contributed by atoms with E-state index in [1.54, 1.807) is 21.3 Å². The van der Waals surface area contributed by atoms with Crippen molar-refractivity contribution >= 4 is 29.9 Å². The summed E-state index contributed by atoms with van der Waals surface area (Å²) in [6, 6.07) is 6.08. The highest BCUT2D eigenvalue weighted by Gasteiger charge is 2.17. The molecule has 0 saturated heterocycles. The summed E-state index contributed by atoms with van der Waals surface area (Å²) in [7, 11) is 9.09. The zero-order valence-electron chi connectivity index (χ0n) is 18.2. The van der Waals surface area contributed by atoms with Gasteiger partial charge in [-0.15, -0.1) is 24.0 Å². The van der Waals surface area contributed by atoms with Gasteiger partial charge in [0.15, 0.2) is 17.5 Å². The van der Waals surface area contributed by atoms with Crippen LogP contribution in [0.15, 0.2) is 27.6 Å². The van der Waals surface area contributed by atoms with Gasteiger partial charge in [-0.05, 0) is 45.6 Å². The van der Waals surface area contributed by atoms with E-state index < -0.39 is 0 Å². The molecule has 2 N–H and O–H groups in total. The maximum Gasteiger partial charge on any atom is 0.214 e. The highest BCUT2D eigenvalue weighted by Crippen LogP contribution is 2.31. The lowest BCUT2D eigenvalue weighted by Gasteiger charge is -2.26. The molecule has 0 aliphatic carbocycles. The number of aliphatic imine (C=N–C) groups is 1. The van der Waals surface area contributed by atoms with Crippen LogP contribution in [0.1, 0.15) is 29.0 Å². The van der Waals surface area contributed by atoms with E-state index in [4.69, 9.17) is 13.9 Å². The first-order valence-electron chi connectivity index (χ1n) is 9.15. The van der Waals surface area contributed by atoms with E-state index in [2.05, 4.69) is 25.5 Å². The van der Waals surface area contributed by atoms with Gasteiger partial charge < -0.3 is 29.4 Å². The summed E-state index contributed by atoms with van der Waals surface area (Å²) in [5, 5.41) is 6.60. The molecule has 2 aromatic rings. The summed E-state index contributed by atoms with van der Waals surface area (Å²) >= 11 is 0. The molecule has 0 aliphatic rings. The summed E-state index contributed by atoms with van der Waals surface area (Å²) in [5.41, 5.74) is 2.02. The van der Waals surface area contributed by atoms with E-state index in [1.165, 1.54) is 0 Å². The molecular weight excluding hydrogens is 485 g/mol. The average molecular weight is 517 g/mol. The Morgan fingerprint density at radius 3 is 2.38 bits per heavy atom. The highest BCUT2D eigenvalue weighted by molar-refractivity contribution is 14.0. The van der Waals surface area contributed by atoms with Crippen molar-refractivity contribution in [1.82, 2.24) is 20.5 Å². The molecule has 0 aliphatic heterocycles. The van der Waals surface area contributed by atoms with Crippen molar-refractivity contribution in [3.63, 3.8) is 0 Å². The third-order valence-corrected chi connectivity index (χ3v) is 4.58. The molecule has 0 radical (unpaired) electrons. The maximum absolute atomic E-state index is 5.60. The van der Waals surface area contributed by atoms with Crippen molar-refractivity contribution in [3.05, 3.63) is 41.1 Å². The molecule has 29 heavy (non-hydrogen) atoms. The first-order chi connectivity index (χ1) is 13.4. The van der Waals surface area contributed by atoms with Crippen LogP contribution in [-0.4, -0.2) is 57.8 Å². The van der Waals surface area contributed by atoms with E-state index in [-0.39, 0.29) is 30.0 Å². The van der Waals surface area contributed by atoms with Gasteiger partial charge in [0.05, 0.1) is 32.5 Å². The number of aryl methyl sites for hydroxylation is 2. The van der Waals surface area contributed by atoms with Crippen LogP contribution < -0.4 is 20.1 Å². The Bertz CT molecular complexity index is 788. The Balaban J connectivity index is 0.00000420. The molecular formula is C20H32IN5O3. The van der Waals surface area contributed by atoms with Crippen molar-refractivity contribution in [1.29, 1.82) is 0 Å². The smallest absolute Gasteiger partial charge is 0.214 e. The molecule has 0 bridgehead atoms. The van der Waals surface area contributed by atoms with Gasteiger partial charge in [-0.2, -0.15) is 0 Å². The fourth-order valence-electron chi connectivity index (χ4n) is 2.85. The van der Waals surface area contributed by atoms with Gasteiger partial charge in [0, 0.05) is 13.6 Å². The fourth-order valence-corrected chi connectivity index (χ4v) is 2.85. The number of likely N-dealkylation sites (N-methyl/N-ethyl adjacent to an activating group) is 1. The first-order valence-corrected chi connectivity index (χ1v) is 9.15. The summed E-state index contributed by atoms with van der Waals surface area (Å²) < 4.78 is 16.4. The third-order valence-electron chi connectivity index (χ3n) is 4.58. The number of ether oxygens (including phenoxy) is 2. The largest absolute Gasteiger partial charge is 0.493 e. The molecule has 1 unspecified atom stereocenters. The van der Waals surface area contributed by atoms with E-state index in [1.807, 2.05) is 46.1 Å². The number of halogens is 1. The van der Waals surface area contributed by atoms with Crippen molar-refractivity contribution in [2.24, 2.45) is 4.99 Å². The molecule has 2 rings (SSSR count). The van der Waals surface area contributed by atoms with Crippen molar-refractivity contribution in [2.45, 2.75) is 26.4 Å². The van der Waals surface area contributed by atoms with Gasteiger partial charge in [0.1, 0.15) is 5.76 Å². The number of nitrogens with one attached hydrogen (secondary N) is 2. The van der Waals surface area contributed by atoms with Gasteiger partial charge in [0.25, 0.3) is 0 Å². The Labute approximate surface area is 190 Å². The number of benzene rings is 1. The van der Waals surface area contributed by atoms with Crippen LogP contribution in [0.25, 0.3) is 0 Å². The van der Waals surface area contributed by atoms with Gasteiger partial charge in [-0.1, -0.05) is 6.07 Å². The lowest BCUT2D eigenvalue weighted by Crippen LogP contribution is -2.41. The van der Waals surface area contributed by atoms with E-state index >= 15 is 0 Å². The van der Waals surface area contributed by atoms with Crippen molar-refractivity contribution in [3.8, 4) is 11.5 Å². The predicted octanol–water partition coefficient (Wildman–Crippen LogP) is 2.89. The minimum absolute atomic E-state index is 0. The number of rotatable bonds is 8. The highest BCUT2D eigenvalue weighted by atomic mass is 127. The van der Waals surface area contributed by atoms with Crippen LogP contribution in [-0.2, 0) is 6.54 Å². The first kappa shape index (κ1) is 25.0. The van der Waals surface area contributed by atoms with Gasteiger partial charge in [-0.3, -0.25) is 4.99 Å². The molecule has 0 fully saturated rings. The number of hydrogen-bond acceptors (Lipinski definition) is 6. The molecule has 1 aromatic carbocycles. The quantitative estimate of drug-likeness (QED) is 0.317. The Morgan fingerprint density at radius 1 is 1.17 bits per heavy atom. The van der Waals surface area contributed by atoms with Crippen LogP contribution in [0.5, 0.6) is 11.5 Å². The monoisotopic (exact) mass is 517 g/mol. The van der Waals surface area contributed by atoms with Gasteiger partial charge in [-0.25, -0.2) is 4.98 Å². The molecule has 0 saturated carbocycles. The van der Waals surface area contributed by atoms with Crippen molar-refractivity contribution in [2.75, 3.05) is 41.9 Å². The normalized spacial score (nSPS) is 12.3. The topological polar surface area (TPSA) is 84.2 Å². The fraction of sp³-hybridized carbons (Fsp3) is 0.500. The summed E-state index contributed by atoms with van der Waals surface area (Å²) in [5.74, 6) is 3.58. The van der Waals surface area contributed by atoms with Crippen LogP contribution >= 0.6 is 24.0 Å². The lowest BCUT2D eigenvalue weighted by molar-refractivity contribution is 0.295. The SMILES string of the molecule is CN=C(NCc1nc(C)c(C)o1)NCC(c1ccc(OC)c(OC)c1)N(C)C.I. The van der Waals surface area contributed by atoms with E-state index in [0.29, 0.717) is 36.4 Å². The maximum atomic E-state index is 5.60. The minimum Gasteiger partial charge on any atom is -0.493 e. The molecule has 0 spiro atoms. The standard InChI is InChI=1S/C20H31N5O3.HI/c1-13-14(2)28-19(24-13)12-23-20(21-3)22-11-16(25(4)5)15-8-9-17(26-6)18(10-15)27-7;/h8-10,16H,11-12H2,1-7H3,(H2,21,22,23);1H. The molecule has 1 heterocycles. The third kappa shape index (κ3) is 6.77. The van der Waals surface area contributed by atoms with Gasteiger partial charge in [0.2, 0.25) is 5.89 Å². The minimum atomic E-state index is 0. The number of aromatic nitrogens is 1. The molecule has 162 valence electrons. The predicted molar refractivity (Wildman–Crippen MR) is 126 cm³/mol. The molecule has 1 atom stereocenters. The summed E-state index contributed by atoms with van der Waals surface area (Å²) in [4.78, 5) is 10.8. The zero-order chi connectivity index (χ0) is 20.7. The number of nitrogens with zero attached hydrogens (tertiary/aromatic N) is 3. The van der Waals surface area contributed by atoms with Crippen LogP contribution in [0.2, 0.25) is 0 Å². The summed E-state index contributed by atoms with van der Waals surface area (Å²) in [6.07, 6.45) is 0. The number of hydrogen-bond donors (Lipinski definition) is 2. The zero-order valence-corrected chi connectivity index (χ0v) is 20.5. The Kier molecular flexibility index (Phi) is 10.2. The van der Waals surface area contributed by atoms with Crippen molar-refractivity contribution < 1.29 is 13.9 Å². The van der Waals surface area contributed by atoms with Crippen LogP contribution in [0.3, 0.4) is 0 Å². The second kappa shape index (κ2) is 11.9. The number of guanidine groups is 1.